The standard InChI is InChI=1S/C27H38N2O4/c1-9-24(27(5,6)7)29(26(31)21-16-18(2)15-19(3)17-21)28-25(30)22-11-10-12-23(20(22)4)33-14-13-32-8/h10-12,15-17,24H,9,13-14H2,1-8H3,(H,28,30). The van der Waals surface area contributed by atoms with Gasteiger partial charge in [0.15, 0.2) is 0 Å². The highest BCUT2D eigenvalue weighted by Crippen LogP contribution is 2.28. The van der Waals surface area contributed by atoms with Crippen molar-refractivity contribution in [1.29, 1.82) is 0 Å². The Morgan fingerprint density at radius 2 is 1.67 bits per heavy atom. The first-order valence-electron chi connectivity index (χ1n) is 11.4. The number of amides is 2. The molecule has 0 saturated carbocycles. The molecule has 6 heteroatoms. The van der Waals surface area contributed by atoms with Crippen molar-refractivity contribution in [2.45, 2.75) is 60.9 Å². The summed E-state index contributed by atoms with van der Waals surface area (Å²) in [5.41, 5.74) is 6.44. The summed E-state index contributed by atoms with van der Waals surface area (Å²) in [6, 6.07) is 10.9. The van der Waals surface area contributed by atoms with Gasteiger partial charge >= 0.3 is 0 Å². The minimum absolute atomic E-state index is 0.198. The fourth-order valence-electron chi connectivity index (χ4n) is 4.11. The van der Waals surface area contributed by atoms with Gasteiger partial charge in [0, 0.05) is 23.8 Å². The van der Waals surface area contributed by atoms with Gasteiger partial charge in [-0.2, -0.15) is 0 Å². The van der Waals surface area contributed by atoms with Gasteiger partial charge in [-0.3, -0.25) is 15.0 Å². The zero-order chi connectivity index (χ0) is 24.8. The number of nitrogens with one attached hydrogen (secondary N) is 1. The van der Waals surface area contributed by atoms with E-state index in [1.165, 1.54) is 5.01 Å². The van der Waals surface area contributed by atoms with E-state index in [-0.39, 0.29) is 23.3 Å². The Bertz CT molecular complexity index is 958. The molecular formula is C27H38N2O4. The van der Waals surface area contributed by atoms with E-state index < -0.39 is 0 Å². The van der Waals surface area contributed by atoms with Crippen LogP contribution in [0.3, 0.4) is 0 Å². The third kappa shape index (κ3) is 6.81. The van der Waals surface area contributed by atoms with Gasteiger partial charge in [0.2, 0.25) is 0 Å². The van der Waals surface area contributed by atoms with Gasteiger partial charge in [-0.25, -0.2) is 5.01 Å². The fraction of sp³-hybridized carbons (Fsp3) is 0.481. The third-order valence-electron chi connectivity index (χ3n) is 5.68. The first kappa shape index (κ1) is 26.4. The van der Waals surface area contributed by atoms with Gasteiger partial charge in [-0.1, -0.05) is 51.0 Å². The van der Waals surface area contributed by atoms with E-state index in [0.29, 0.717) is 42.1 Å². The summed E-state index contributed by atoms with van der Waals surface area (Å²) in [6.07, 6.45) is 0.694. The molecule has 0 saturated heterocycles. The molecule has 180 valence electrons. The second-order valence-electron chi connectivity index (χ2n) is 9.55. The van der Waals surface area contributed by atoms with Crippen LogP contribution in [0, 0.1) is 26.2 Å². The van der Waals surface area contributed by atoms with Gasteiger partial charge in [0.05, 0.1) is 12.6 Å². The molecule has 0 aliphatic heterocycles. The van der Waals surface area contributed by atoms with Crippen LogP contribution in [-0.2, 0) is 4.74 Å². The summed E-state index contributed by atoms with van der Waals surface area (Å²) < 4.78 is 10.8. The molecule has 0 radical (unpaired) electrons. The van der Waals surface area contributed by atoms with Crippen LogP contribution < -0.4 is 10.2 Å². The number of hydrazine groups is 1. The van der Waals surface area contributed by atoms with E-state index >= 15 is 0 Å². The van der Waals surface area contributed by atoms with Crippen LogP contribution in [0.2, 0.25) is 0 Å². The topological polar surface area (TPSA) is 67.9 Å². The average Bonchev–Trinajstić information content (AvgIpc) is 2.72. The van der Waals surface area contributed by atoms with E-state index in [2.05, 4.69) is 26.2 Å². The van der Waals surface area contributed by atoms with Gasteiger partial charge in [-0.15, -0.1) is 0 Å². The quantitative estimate of drug-likeness (QED) is 0.437. The van der Waals surface area contributed by atoms with E-state index in [1.807, 2.05) is 52.0 Å². The number of benzene rings is 2. The Kier molecular flexibility index (Phi) is 9.06. The third-order valence-corrected chi connectivity index (χ3v) is 5.68. The molecule has 0 fully saturated rings. The van der Waals surface area contributed by atoms with Crippen molar-refractivity contribution in [2.75, 3.05) is 20.3 Å². The van der Waals surface area contributed by atoms with Gasteiger partial charge in [0.1, 0.15) is 12.4 Å². The highest BCUT2D eigenvalue weighted by atomic mass is 16.5. The lowest BCUT2D eigenvalue weighted by Crippen LogP contribution is -2.56. The Morgan fingerprint density at radius 1 is 1.03 bits per heavy atom. The molecule has 0 aliphatic carbocycles. The van der Waals surface area contributed by atoms with E-state index in [4.69, 9.17) is 9.47 Å². The maximum absolute atomic E-state index is 13.7. The van der Waals surface area contributed by atoms with Crippen molar-refractivity contribution in [2.24, 2.45) is 5.41 Å². The van der Waals surface area contributed by atoms with Crippen LogP contribution in [0.1, 0.15) is 71.5 Å². The summed E-state index contributed by atoms with van der Waals surface area (Å²) in [6.45, 7) is 14.9. The number of rotatable bonds is 8. The number of carbonyl (C=O) groups excluding carboxylic acids is 2. The predicted molar refractivity (Wildman–Crippen MR) is 132 cm³/mol. The number of aryl methyl sites for hydroxylation is 2. The van der Waals surface area contributed by atoms with Crippen LogP contribution in [-0.4, -0.2) is 43.2 Å². The van der Waals surface area contributed by atoms with Crippen LogP contribution >= 0.6 is 0 Å². The van der Waals surface area contributed by atoms with Crippen molar-refractivity contribution < 1.29 is 19.1 Å². The molecular weight excluding hydrogens is 416 g/mol. The molecule has 6 nitrogen and oxygen atoms in total. The van der Waals surface area contributed by atoms with Gasteiger partial charge < -0.3 is 9.47 Å². The van der Waals surface area contributed by atoms with Crippen molar-refractivity contribution in [3.8, 4) is 5.75 Å². The summed E-state index contributed by atoms with van der Waals surface area (Å²) in [5.74, 6) is 0.0574. The molecule has 0 heterocycles. The number of ether oxygens (including phenoxy) is 2. The average molecular weight is 455 g/mol. The zero-order valence-corrected chi connectivity index (χ0v) is 21.2. The van der Waals surface area contributed by atoms with Crippen LogP contribution in [0.25, 0.3) is 0 Å². The lowest BCUT2D eigenvalue weighted by Gasteiger charge is -2.39. The largest absolute Gasteiger partial charge is 0.491 e. The predicted octanol–water partition coefficient (Wildman–Crippen LogP) is 5.25. The zero-order valence-electron chi connectivity index (χ0n) is 21.2. The molecule has 0 spiro atoms. The summed E-state index contributed by atoms with van der Waals surface area (Å²) in [5, 5.41) is 1.51. The maximum Gasteiger partial charge on any atom is 0.272 e. The maximum atomic E-state index is 13.7. The van der Waals surface area contributed by atoms with Crippen molar-refractivity contribution in [3.63, 3.8) is 0 Å². The fourth-order valence-corrected chi connectivity index (χ4v) is 4.11. The monoisotopic (exact) mass is 454 g/mol. The molecule has 2 aromatic rings. The normalized spacial score (nSPS) is 12.2. The van der Waals surface area contributed by atoms with Crippen molar-refractivity contribution in [3.05, 3.63) is 64.2 Å². The van der Waals surface area contributed by atoms with E-state index in [0.717, 1.165) is 11.1 Å². The number of hydrogen-bond acceptors (Lipinski definition) is 4. The molecule has 0 aromatic heterocycles. The Hall–Kier alpha value is -2.86. The molecule has 0 bridgehead atoms. The van der Waals surface area contributed by atoms with Crippen LogP contribution in [0.4, 0.5) is 0 Å². The lowest BCUT2D eigenvalue weighted by molar-refractivity contribution is 0.0284. The molecule has 1 unspecified atom stereocenters. The Balaban J connectivity index is 2.42. The first-order chi connectivity index (χ1) is 15.5. The highest BCUT2D eigenvalue weighted by Gasteiger charge is 2.34. The molecule has 33 heavy (non-hydrogen) atoms. The van der Waals surface area contributed by atoms with Crippen LogP contribution in [0.5, 0.6) is 5.75 Å². The minimum Gasteiger partial charge on any atom is -0.491 e. The second-order valence-corrected chi connectivity index (χ2v) is 9.55. The van der Waals surface area contributed by atoms with E-state index in [9.17, 15) is 9.59 Å². The van der Waals surface area contributed by atoms with Gasteiger partial charge in [0.25, 0.3) is 11.8 Å². The molecule has 2 aromatic carbocycles. The molecule has 1 N–H and O–H groups in total. The number of nitrogens with zero attached hydrogens (tertiary/aromatic N) is 1. The SMILES string of the molecule is CCC(N(NC(=O)c1cccc(OCCOC)c1C)C(=O)c1cc(C)cc(C)c1)C(C)(C)C. The summed E-state index contributed by atoms with van der Waals surface area (Å²) in [4.78, 5) is 27.1. The molecule has 0 aliphatic rings. The second kappa shape index (κ2) is 11.3. The number of methoxy groups -OCH3 is 1. The smallest absolute Gasteiger partial charge is 0.272 e. The Labute approximate surface area is 198 Å². The molecule has 2 amide bonds. The minimum atomic E-state index is -0.342. The molecule has 1 atom stereocenters. The highest BCUT2D eigenvalue weighted by molar-refractivity contribution is 6.00. The first-order valence-corrected chi connectivity index (χ1v) is 11.4. The summed E-state index contributed by atoms with van der Waals surface area (Å²) >= 11 is 0. The van der Waals surface area contributed by atoms with Gasteiger partial charge in [-0.05, 0) is 56.9 Å². The molecule has 2 rings (SSSR count). The van der Waals surface area contributed by atoms with Crippen molar-refractivity contribution >= 4 is 11.8 Å². The van der Waals surface area contributed by atoms with E-state index in [1.54, 1.807) is 19.2 Å². The lowest BCUT2D eigenvalue weighted by atomic mass is 9.84. The Morgan fingerprint density at radius 3 is 2.21 bits per heavy atom. The van der Waals surface area contributed by atoms with Crippen molar-refractivity contribution in [1.82, 2.24) is 10.4 Å². The number of hydrogen-bond donors (Lipinski definition) is 1. The summed E-state index contributed by atoms with van der Waals surface area (Å²) in [7, 11) is 1.61. The van der Waals surface area contributed by atoms with Crippen LogP contribution in [0.15, 0.2) is 36.4 Å². The number of carbonyl (C=O) groups is 2.